The third kappa shape index (κ3) is 10.2. The Morgan fingerprint density at radius 1 is 0.719 bits per heavy atom. The van der Waals surface area contributed by atoms with E-state index in [1.807, 2.05) is 36.4 Å². The molecular weight excluding hydrogens is 542 g/mol. The Labute approximate surface area is 201 Å². The molecule has 0 saturated heterocycles. The van der Waals surface area contributed by atoms with Crippen LogP contribution in [0, 0.1) is 0 Å². The van der Waals surface area contributed by atoms with Crippen LogP contribution in [0.4, 0.5) is 0 Å². The molecule has 2 rings (SSSR count). The van der Waals surface area contributed by atoms with Gasteiger partial charge in [0.25, 0.3) is 0 Å². The predicted molar refractivity (Wildman–Crippen MR) is 125 cm³/mol. The first-order valence-corrected chi connectivity index (χ1v) is 13.9. The number of ether oxygens (including phenoxy) is 4. The molecule has 0 aromatic heterocycles. The normalized spacial score (nSPS) is 12.9. The molecule has 0 amide bonds. The molecule has 0 aliphatic rings. The van der Waals surface area contributed by atoms with Gasteiger partial charge in [0.2, 0.25) is 0 Å². The summed E-state index contributed by atoms with van der Waals surface area (Å²) in [7, 11) is 2.63. The summed E-state index contributed by atoms with van der Waals surface area (Å²) in [6.07, 6.45) is 4.56. The first kappa shape index (κ1) is 25.8. The number of benzene rings is 2. The molecule has 0 unspecified atom stereocenters. The van der Waals surface area contributed by atoms with Gasteiger partial charge in [-0.15, -0.1) is 0 Å². The van der Waals surface area contributed by atoms with E-state index in [1.54, 1.807) is 0 Å². The van der Waals surface area contributed by atoms with Gasteiger partial charge in [0.15, 0.2) is 0 Å². The molecule has 0 spiro atoms. The number of hydrogen-bond donors (Lipinski definition) is 0. The summed E-state index contributed by atoms with van der Waals surface area (Å²) in [6, 6.07) is 20.4. The van der Waals surface area contributed by atoms with Gasteiger partial charge in [-0.1, -0.05) is 0 Å². The minimum atomic E-state index is -0.492. The van der Waals surface area contributed by atoms with Crippen LogP contribution < -0.4 is 8.92 Å². The second-order valence-corrected chi connectivity index (χ2v) is 10.8. The van der Waals surface area contributed by atoms with E-state index >= 15 is 0 Å². The molecule has 2 aromatic rings. The number of hydrogen-bond acceptors (Lipinski definition) is 6. The van der Waals surface area contributed by atoms with Crippen molar-refractivity contribution in [3.8, 4) is 0 Å². The van der Waals surface area contributed by atoms with E-state index in [9.17, 15) is 9.59 Å². The quantitative estimate of drug-likeness (QED) is 0.160. The van der Waals surface area contributed by atoms with Crippen molar-refractivity contribution < 1.29 is 28.5 Å². The van der Waals surface area contributed by atoms with E-state index in [2.05, 4.69) is 33.7 Å². The first-order chi connectivity index (χ1) is 15.6. The van der Waals surface area contributed by atoms with Gasteiger partial charge in [-0.3, -0.25) is 0 Å². The zero-order valence-corrected chi connectivity index (χ0v) is 21.3. The van der Waals surface area contributed by atoms with Gasteiger partial charge < -0.3 is 0 Å². The van der Waals surface area contributed by atoms with Gasteiger partial charge in [-0.2, -0.15) is 0 Å². The molecule has 0 radical (unpaired) electrons. The Hall–Kier alpha value is -2.50. The van der Waals surface area contributed by atoms with Crippen LogP contribution in [0.15, 0.2) is 85.3 Å². The molecule has 8 heteroatoms. The predicted octanol–water partition coefficient (Wildman–Crippen LogP) is 2.03. The zero-order chi connectivity index (χ0) is 23.0. The number of carbonyl (C=O) groups is 2. The molecule has 0 saturated carbocycles. The van der Waals surface area contributed by atoms with Crippen molar-refractivity contribution in [2.24, 2.45) is 0 Å². The molecule has 0 N–H and O–H groups in total. The molecule has 170 valence electrons. The van der Waals surface area contributed by atoms with Crippen LogP contribution in [-0.4, -0.2) is 68.3 Å². The van der Waals surface area contributed by atoms with E-state index in [0.717, 1.165) is 10.6 Å². The van der Waals surface area contributed by atoms with E-state index in [0.29, 0.717) is 0 Å². The van der Waals surface area contributed by atoms with Crippen LogP contribution in [0.5, 0.6) is 0 Å². The van der Waals surface area contributed by atoms with E-state index in [-0.39, 0.29) is 42.1 Å². The Bertz CT molecular complexity index is 797. The molecule has 32 heavy (non-hydrogen) atoms. The molecule has 0 bridgehead atoms. The molecule has 0 aliphatic carbocycles. The standard InChI is InChI=1S/C24H26O6Se2/c1-27-23(25)13-15-29-21(17-31-19-9-5-3-6-10-19)22(30-16-14-24(26)28-2)18-32-20-11-7-4-8-12-20/h3-16,21-22H,17-18H2,1-2H3/b15-13+,16-14+/t21-,22-/m1/s1. The van der Waals surface area contributed by atoms with Crippen molar-refractivity contribution in [3.05, 3.63) is 85.3 Å². The summed E-state index contributed by atoms with van der Waals surface area (Å²) in [4.78, 5) is 22.9. The van der Waals surface area contributed by atoms with E-state index < -0.39 is 11.9 Å². The molecule has 2 aromatic carbocycles. The Morgan fingerprint density at radius 2 is 1.09 bits per heavy atom. The van der Waals surface area contributed by atoms with E-state index in [1.165, 1.54) is 47.8 Å². The maximum absolute atomic E-state index is 11.5. The van der Waals surface area contributed by atoms with Crippen molar-refractivity contribution in [1.82, 2.24) is 0 Å². The van der Waals surface area contributed by atoms with Crippen LogP contribution >= 0.6 is 0 Å². The average Bonchev–Trinajstić information content (AvgIpc) is 2.84. The van der Waals surface area contributed by atoms with Gasteiger partial charge >= 0.3 is 202 Å². The summed E-state index contributed by atoms with van der Waals surface area (Å²) in [5.74, 6) is -0.984. The van der Waals surface area contributed by atoms with Crippen molar-refractivity contribution in [2.75, 3.05) is 14.2 Å². The second kappa shape index (κ2) is 15.3. The summed E-state index contributed by atoms with van der Waals surface area (Å²) < 4.78 is 23.6. The molecule has 0 fully saturated rings. The van der Waals surface area contributed by atoms with Gasteiger partial charge in [0.05, 0.1) is 0 Å². The first-order valence-electron chi connectivity index (χ1n) is 9.78. The molecule has 0 heterocycles. The SMILES string of the molecule is COC(=O)/C=C/O[C@H](C[Se]c1ccccc1)[C@@H](C[Se]c1ccccc1)O/C=C/C(=O)OC. The Balaban J connectivity index is 2.15. The summed E-state index contributed by atoms with van der Waals surface area (Å²) >= 11 is 0.275. The zero-order valence-electron chi connectivity index (χ0n) is 17.9. The van der Waals surface area contributed by atoms with Crippen LogP contribution in [-0.2, 0) is 28.5 Å². The third-order valence-electron chi connectivity index (χ3n) is 4.05. The second-order valence-electron chi connectivity index (χ2n) is 6.25. The Morgan fingerprint density at radius 3 is 1.44 bits per heavy atom. The number of carbonyl (C=O) groups excluding carboxylic acids is 2. The third-order valence-corrected chi connectivity index (χ3v) is 8.67. The topological polar surface area (TPSA) is 71.1 Å². The minimum absolute atomic E-state index is 0.137. The molecule has 0 aliphatic heterocycles. The molecule has 2 atom stereocenters. The average molecular weight is 568 g/mol. The maximum atomic E-state index is 11.5. The van der Waals surface area contributed by atoms with Crippen molar-refractivity contribution >= 4 is 50.8 Å². The van der Waals surface area contributed by atoms with Crippen LogP contribution in [0.3, 0.4) is 0 Å². The van der Waals surface area contributed by atoms with Crippen LogP contribution in [0.25, 0.3) is 0 Å². The summed E-state index contributed by atoms with van der Waals surface area (Å²) in [5.41, 5.74) is 0. The fraction of sp³-hybridized carbons (Fsp3) is 0.250. The van der Waals surface area contributed by atoms with Gasteiger partial charge in [0, 0.05) is 0 Å². The van der Waals surface area contributed by atoms with Crippen LogP contribution in [0.1, 0.15) is 0 Å². The fourth-order valence-electron chi connectivity index (χ4n) is 2.39. The number of methoxy groups -OCH3 is 2. The van der Waals surface area contributed by atoms with Gasteiger partial charge in [0.1, 0.15) is 0 Å². The molecule has 6 nitrogen and oxygen atoms in total. The fourth-order valence-corrected chi connectivity index (χ4v) is 6.58. The monoisotopic (exact) mass is 570 g/mol. The van der Waals surface area contributed by atoms with Crippen molar-refractivity contribution in [1.29, 1.82) is 0 Å². The van der Waals surface area contributed by atoms with Crippen molar-refractivity contribution in [2.45, 2.75) is 22.8 Å². The number of rotatable bonds is 13. The number of esters is 2. The van der Waals surface area contributed by atoms with Crippen LogP contribution in [0.2, 0.25) is 10.6 Å². The van der Waals surface area contributed by atoms with Crippen molar-refractivity contribution in [3.63, 3.8) is 0 Å². The summed E-state index contributed by atoms with van der Waals surface area (Å²) in [6.45, 7) is 0. The molecular formula is C24H26O6Se2. The van der Waals surface area contributed by atoms with E-state index in [4.69, 9.17) is 9.47 Å². The van der Waals surface area contributed by atoms with Gasteiger partial charge in [-0.05, 0) is 0 Å². The Kier molecular flexibility index (Phi) is 12.3. The van der Waals surface area contributed by atoms with Gasteiger partial charge in [-0.25, -0.2) is 0 Å². The summed E-state index contributed by atoms with van der Waals surface area (Å²) in [5, 5.41) is 1.45.